The van der Waals surface area contributed by atoms with E-state index < -0.39 is 23.2 Å². The summed E-state index contributed by atoms with van der Waals surface area (Å²) in [5, 5.41) is 9.27. The summed E-state index contributed by atoms with van der Waals surface area (Å²) < 4.78 is 27.4. The number of anilines is 1. The second-order valence-corrected chi connectivity index (χ2v) is 4.96. The number of carboxylic acid groups (broad SMARTS) is 1. The van der Waals surface area contributed by atoms with Crippen LogP contribution >= 0.6 is 15.9 Å². The first-order valence-electron chi connectivity index (χ1n) is 5.52. The minimum absolute atomic E-state index is 0.0362. The molecule has 0 bridgehead atoms. The number of benzene rings is 1. The minimum Gasteiger partial charge on any atom is -0.478 e. The Morgan fingerprint density at radius 1 is 1.42 bits per heavy atom. The van der Waals surface area contributed by atoms with Crippen molar-refractivity contribution in [2.24, 2.45) is 5.92 Å². The average Bonchev–Trinajstić information content (AvgIpc) is 2.72. The number of carbonyl (C=O) groups excluding carboxylic acids is 1. The van der Waals surface area contributed by atoms with E-state index in [1.807, 2.05) is 0 Å². The lowest BCUT2D eigenvalue weighted by Crippen LogP contribution is -2.26. The number of halogens is 3. The maximum atomic E-state index is 13.8. The number of nitrogens with zero attached hydrogens (tertiary/aromatic N) is 1. The fourth-order valence-electron chi connectivity index (χ4n) is 2.02. The Morgan fingerprint density at radius 2 is 2.11 bits per heavy atom. The number of hydrogen-bond donors (Lipinski definition) is 1. The monoisotopic (exact) mass is 333 g/mol. The zero-order valence-corrected chi connectivity index (χ0v) is 11.3. The van der Waals surface area contributed by atoms with E-state index in [-0.39, 0.29) is 30.5 Å². The van der Waals surface area contributed by atoms with Crippen LogP contribution in [0.5, 0.6) is 0 Å². The van der Waals surface area contributed by atoms with Crippen LogP contribution in [0.1, 0.15) is 16.8 Å². The van der Waals surface area contributed by atoms with Crippen molar-refractivity contribution in [1.82, 2.24) is 0 Å². The van der Waals surface area contributed by atoms with Crippen LogP contribution in [0.25, 0.3) is 0 Å². The number of rotatable bonds is 3. The third-order valence-corrected chi connectivity index (χ3v) is 3.90. The third-order valence-electron chi connectivity index (χ3n) is 2.98. The molecule has 1 fully saturated rings. The normalized spacial score (nSPS) is 19.0. The highest BCUT2D eigenvalue weighted by molar-refractivity contribution is 9.09. The van der Waals surface area contributed by atoms with Gasteiger partial charge < -0.3 is 10.0 Å². The van der Waals surface area contributed by atoms with Gasteiger partial charge >= 0.3 is 5.97 Å². The van der Waals surface area contributed by atoms with Crippen LogP contribution < -0.4 is 4.90 Å². The lowest BCUT2D eigenvalue weighted by atomic mass is 10.1. The molecular weight excluding hydrogens is 324 g/mol. The molecule has 1 heterocycles. The highest BCUT2D eigenvalue weighted by Gasteiger charge is 2.32. The van der Waals surface area contributed by atoms with Crippen molar-refractivity contribution >= 4 is 33.5 Å². The van der Waals surface area contributed by atoms with Gasteiger partial charge in [-0.1, -0.05) is 15.9 Å². The molecule has 1 aliphatic heterocycles. The molecule has 1 amide bonds. The van der Waals surface area contributed by atoms with E-state index in [0.717, 1.165) is 11.0 Å². The first kappa shape index (κ1) is 13.9. The summed E-state index contributed by atoms with van der Waals surface area (Å²) in [6.07, 6.45) is 0.257. The Balaban J connectivity index is 2.39. The Morgan fingerprint density at radius 3 is 2.63 bits per heavy atom. The van der Waals surface area contributed by atoms with E-state index >= 15 is 0 Å². The summed E-state index contributed by atoms with van der Waals surface area (Å²) >= 11 is 3.24. The van der Waals surface area contributed by atoms with Crippen molar-refractivity contribution in [2.45, 2.75) is 6.42 Å². The minimum atomic E-state index is -1.55. The summed E-state index contributed by atoms with van der Waals surface area (Å²) in [5.41, 5.74) is -0.958. The number of carboxylic acids is 1. The predicted molar refractivity (Wildman–Crippen MR) is 67.6 cm³/mol. The van der Waals surface area contributed by atoms with Crippen LogP contribution in [0.2, 0.25) is 0 Å². The molecule has 0 aliphatic carbocycles. The number of amides is 1. The first-order chi connectivity index (χ1) is 8.93. The van der Waals surface area contributed by atoms with Crippen molar-refractivity contribution in [2.75, 3.05) is 16.8 Å². The molecule has 7 heteroatoms. The lowest BCUT2D eigenvalue weighted by molar-refractivity contribution is -0.117. The van der Waals surface area contributed by atoms with Crippen LogP contribution in [0.15, 0.2) is 12.1 Å². The molecule has 1 aromatic carbocycles. The third kappa shape index (κ3) is 2.60. The van der Waals surface area contributed by atoms with E-state index in [1.54, 1.807) is 0 Å². The first-order valence-corrected chi connectivity index (χ1v) is 6.64. The van der Waals surface area contributed by atoms with Gasteiger partial charge in [0.2, 0.25) is 5.91 Å². The molecular formula is C12H10BrF2NO3. The van der Waals surface area contributed by atoms with Gasteiger partial charge in [0.1, 0.15) is 11.6 Å². The van der Waals surface area contributed by atoms with Gasteiger partial charge in [-0.15, -0.1) is 0 Å². The highest BCUT2D eigenvalue weighted by Crippen LogP contribution is 2.30. The molecule has 1 atom stereocenters. The molecule has 4 nitrogen and oxygen atoms in total. The smallest absolute Gasteiger partial charge is 0.338 e. The van der Waals surface area contributed by atoms with Gasteiger partial charge in [0, 0.05) is 24.4 Å². The van der Waals surface area contributed by atoms with Crippen molar-refractivity contribution in [3.63, 3.8) is 0 Å². The largest absolute Gasteiger partial charge is 0.478 e. The van der Waals surface area contributed by atoms with Gasteiger partial charge in [-0.05, 0) is 12.0 Å². The van der Waals surface area contributed by atoms with Crippen LogP contribution in [-0.2, 0) is 4.79 Å². The molecule has 102 valence electrons. The molecule has 0 saturated carbocycles. The van der Waals surface area contributed by atoms with Crippen LogP contribution in [0, 0.1) is 17.6 Å². The Hall–Kier alpha value is -1.50. The molecule has 0 radical (unpaired) electrons. The van der Waals surface area contributed by atoms with Crippen molar-refractivity contribution in [1.29, 1.82) is 0 Å². The molecule has 0 spiro atoms. The van der Waals surface area contributed by atoms with Crippen molar-refractivity contribution < 1.29 is 23.5 Å². The maximum Gasteiger partial charge on any atom is 0.338 e. The highest BCUT2D eigenvalue weighted by atomic mass is 79.9. The number of carbonyl (C=O) groups is 2. The average molecular weight is 334 g/mol. The van der Waals surface area contributed by atoms with Gasteiger partial charge in [0.15, 0.2) is 0 Å². The van der Waals surface area contributed by atoms with Crippen molar-refractivity contribution in [3.8, 4) is 0 Å². The van der Waals surface area contributed by atoms with Crippen LogP contribution in [0.3, 0.4) is 0 Å². The summed E-state index contributed by atoms with van der Waals surface area (Å²) in [6, 6.07) is 1.36. The van der Waals surface area contributed by atoms with Crippen molar-refractivity contribution in [3.05, 3.63) is 29.3 Å². The van der Waals surface area contributed by atoms with Gasteiger partial charge in [0.05, 0.1) is 11.3 Å². The van der Waals surface area contributed by atoms with Gasteiger partial charge in [-0.3, -0.25) is 4.79 Å². The summed E-state index contributed by atoms with van der Waals surface area (Å²) in [6.45, 7) is 0.285. The number of hydrogen-bond acceptors (Lipinski definition) is 2. The molecule has 1 aromatic rings. The standard InChI is InChI=1S/C12H10BrF2NO3/c13-4-6-1-11(17)16(5-6)10-3-8(14)7(12(18)19)2-9(10)15/h2-3,6H,1,4-5H2,(H,18,19). The Kier molecular flexibility index (Phi) is 3.84. The molecule has 1 N–H and O–H groups in total. The van der Waals surface area contributed by atoms with E-state index in [2.05, 4.69) is 15.9 Å². The van der Waals surface area contributed by atoms with E-state index in [4.69, 9.17) is 5.11 Å². The lowest BCUT2D eigenvalue weighted by Gasteiger charge is -2.17. The predicted octanol–water partition coefficient (Wildman–Crippen LogP) is 2.41. The van der Waals surface area contributed by atoms with E-state index in [0.29, 0.717) is 11.4 Å². The van der Waals surface area contributed by atoms with Gasteiger partial charge in [-0.25, -0.2) is 13.6 Å². The molecule has 1 aliphatic rings. The summed E-state index contributed by atoms with van der Waals surface area (Å²) in [5.74, 6) is -3.78. The zero-order valence-electron chi connectivity index (χ0n) is 9.70. The van der Waals surface area contributed by atoms with E-state index in [1.165, 1.54) is 0 Å². The van der Waals surface area contributed by atoms with Crippen LogP contribution in [0.4, 0.5) is 14.5 Å². The molecule has 1 saturated heterocycles. The molecule has 19 heavy (non-hydrogen) atoms. The topological polar surface area (TPSA) is 57.6 Å². The zero-order chi connectivity index (χ0) is 14.2. The number of alkyl halides is 1. The van der Waals surface area contributed by atoms with E-state index in [9.17, 15) is 18.4 Å². The molecule has 1 unspecified atom stereocenters. The number of aromatic carboxylic acids is 1. The Bertz CT molecular complexity index is 550. The van der Waals surface area contributed by atoms with Gasteiger partial charge in [0.25, 0.3) is 0 Å². The second-order valence-electron chi connectivity index (χ2n) is 4.32. The van der Waals surface area contributed by atoms with Gasteiger partial charge in [-0.2, -0.15) is 0 Å². The van der Waals surface area contributed by atoms with Crippen LogP contribution in [-0.4, -0.2) is 28.9 Å². The molecule has 0 aromatic heterocycles. The summed E-state index contributed by atoms with van der Waals surface area (Å²) in [7, 11) is 0. The maximum absolute atomic E-state index is 13.8. The quantitative estimate of drug-likeness (QED) is 0.864. The second kappa shape index (κ2) is 5.24. The SMILES string of the molecule is O=C(O)c1cc(F)c(N2CC(CBr)CC2=O)cc1F. The Labute approximate surface area is 116 Å². The summed E-state index contributed by atoms with van der Waals surface area (Å²) in [4.78, 5) is 23.6. The fraction of sp³-hybridized carbons (Fsp3) is 0.333. The molecule has 2 rings (SSSR count). The fourth-order valence-corrected chi connectivity index (χ4v) is 2.46.